The fraction of sp³-hybridized carbons (Fsp3) is 0.444. The molecule has 1 aromatic rings. The molecule has 0 aromatic heterocycles. The Morgan fingerprint density at radius 3 is 2.42 bits per heavy atom. The Labute approximate surface area is 142 Å². The van der Waals surface area contributed by atoms with E-state index in [4.69, 9.17) is 0 Å². The number of hydrogen-bond donors (Lipinski definition) is 1. The van der Waals surface area contributed by atoms with Crippen molar-refractivity contribution in [2.45, 2.75) is 38.6 Å². The zero-order chi connectivity index (χ0) is 18.3. The summed E-state index contributed by atoms with van der Waals surface area (Å²) in [5.74, 6) is -0.399. The van der Waals surface area contributed by atoms with Crippen LogP contribution in [0.3, 0.4) is 0 Å². The third-order valence-corrected chi connectivity index (χ3v) is 4.02. The van der Waals surface area contributed by atoms with Gasteiger partial charge in [-0.15, -0.1) is 0 Å². The lowest BCUT2D eigenvalue weighted by Gasteiger charge is -2.24. The molecule has 1 N–H and O–H groups in total. The number of amides is 2. The smallest absolute Gasteiger partial charge is 0.254 e. The van der Waals surface area contributed by atoms with Crippen molar-refractivity contribution < 1.29 is 19.2 Å². The Hall–Kier alpha value is -2.50. The lowest BCUT2D eigenvalue weighted by atomic mass is 9.96. The third-order valence-electron chi connectivity index (χ3n) is 4.02. The summed E-state index contributed by atoms with van der Waals surface area (Å²) in [6, 6.07) is 4.39. The quantitative estimate of drug-likeness (QED) is 0.736. The highest BCUT2D eigenvalue weighted by Crippen LogP contribution is 2.20. The first kappa shape index (κ1) is 19.5. The van der Waals surface area contributed by atoms with Gasteiger partial charge < -0.3 is 15.0 Å². The van der Waals surface area contributed by atoms with Gasteiger partial charge in [0.1, 0.15) is 6.29 Å². The van der Waals surface area contributed by atoms with Crippen molar-refractivity contribution in [2.75, 3.05) is 14.1 Å². The van der Waals surface area contributed by atoms with E-state index in [0.717, 1.165) is 5.56 Å². The van der Waals surface area contributed by atoms with Gasteiger partial charge in [-0.25, -0.2) is 0 Å². The summed E-state index contributed by atoms with van der Waals surface area (Å²) >= 11 is 0. The van der Waals surface area contributed by atoms with Gasteiger partial charge in [0.05, 0.1) is 11.6 Å². The molecule has 0 saturated carbocycles. The van der Waals surface area contributed by atoms with Crippen molar-refractivity contribution in [2.24, 2.45) is 0 Å². The van der Waals surface area contributed by atoms with Crippen molar-refractivity contribution in [3.63, 3.8) is 0 Å². The van der Waals surface area contributed by atoms with Gasteiger partial charge in [0.15, 0.2) is 6.29 Å². The van der Waals surface area contributed by atoms with Crippen LogP contribution in [-0.2, 0) is 9.59 Å². The molecule has 0 bridgehead atoms. The molecule has 2 amide bonds. The van der Waals surface area contributed by atoms with Crippen molar-refractivity contribution in [1.82, 2.24) is 10.2 Å². The maximum atomic E-state index is 12.7. The summed E-state index contributed by atoms with van der Waals surface area (Å²) in [4.78, 5) is 47.9. The van der Waals surface area contributed by atoms with E-state index in [0.29, 0.717) is 12.6 Å². The number of nitrogens with one attached hydrogen (secondary N) is 1. The Morgan fingerprint density at radius 1 is 1.25 bits per heavy atom. The van der Waals surface area contributed by atoms with Gasteiger partial charge in [0.25, 0.3) is 5.91 Å². The van der Waals surface area contributed by atoms with E-state index >= 15 is 0 Å². The topological polar surface area (TPSA) is 83.6 Å². The van der Waals surface area contributed by atoms with Gasteiger partial charge in [-0.3, -0.25) is 14.4 Å². The average Bonchev–Trinajstić information content (AvgIpc) is 2.60. The van der Waals surface area contributed by atoms with Crippen molar-refractivity contribution in [3.05, 3.63) is 34.9 Å². The number of benzene rings is 1. The number of carbonyl (C=O) groups excluding carboxylic acids is 4. The first-order valence-electron chi connectivity index (χ1n) is 7.87. The van der Waals surface area contributed by atoms with Crippen LogP contribution in [-0.4, -0.2) is 49.4 Å². The molecule has 1 aromatic carbocycles. The van der Waals surface area contributed by atoms with Crippen LogP contribution in [0.4, 0.5) is 0 Å². The van der Waals surface area contributed by atoms with E-state index in [1.807, 2.05) is 19.9 Å². The molecule has 0 heterocycles. The molecule has 1 unspecified atom stereocenters. The van der Waals surface area contributed by atoms with Crippen LogP contribution in [0.15, 0.2) is 18.2 Å². The molecule has 0 aliphatic rings. The summed E-state index contributed by atoms with van der Waals surface area (Å²) in [5.41, 5.74) is 1.49. The minimum atomic E-state index is -0.725. The number of nitrogens with zero attached hydrogens (tertiary/aromatic N) is 1. The molecule has 130 valence electrons. The Bertz CT molecular complexity index is 625. The predicted octanol–water partition coefficient (Wildman–Crippen LogP) is 1.79. The number of hydrogen-bond acceptors (Lipinski definition) is 4. The summed E-state index contributed by atoms with van der Waals surface area (Å²) in [5, 5.41) is 2.48. The molecule has 1 atom stereocenters. The maximum Gasteiger partial charge on any atom is 0.254 e. The SMILES string of the molecule is CNC(=O)CCC(C=O)N(C)C(=O)c1cc(C(C)C)ccc1C=O. The first-order chi connectivity index (χ1) is 11.3. The Balaban J connectivity index is 3.05. The zero-order valence-electron chi connectivity index (χ0n) is 14.5. The third kappa shape index (κ3) is 4.75. The van der Waals surface area contributed by atoms with Gasteiger partial charge in [0, 0.05) is 26.1 Å². The van der Waals surface area contributed by atoms with E-state index in [1.54, 1.807) is 12.1 Å². The van der Waals surface area contributed by atoms with Crippen LogP contribution in [0, 0.1) is 0 Å². The number of aldehydes is 2. The standard InChI is InChI=1S/C18H24N2O4/c1-12(2)13-5-6-14(10-21)16(9-13)18(24)20(4)15(11-22)7-8-17(23)19-3/h5-6,9-12,15H,7-8H2,1-4H3,(H,19,23). The molecular formula is C18H24N2O4. The highest BCUT2D eigenvalue weighted by molar-refractivity contribution is 6.02. The molecule has 1 rings (SSSR count). The molecule has 0 aliphatic heterocycles. The highest BCUT2D eigenvalue weighted by Gasteiger charge is 2.23. The van der Waals surface area contributed by atoms with E-state index in [9.17, 15) is 19.2 Å². The van der Waals surface area contributed by atoms with Crippen molar-refractivity contribution >= 4 is 24.4 Å². The second-order valence-corrected chi connectivity index (χ2v) is 5.95. The zero-order valence-corrected chi connectivity index (χ0v) is 14.5. The average molecular weight is 332 g/mol. The van der Waals surface area contributed by atoms with Crippen molar-refractivity contribution in [3.8, 4) is 0 Å². The first-order valence-corrected chi connectivity index (χ1v) is 7.87. The van der Waals surface area contributed by atoms with Gasteiger partial charge in [-0.05, 0) is 24.0 Å². The van der Waals surface area contributed by atoms with Crippen LogP contribution < -0.4 is 5.32 Å². The molecule has 0 aliphatic carbocycles. The maximum absolute atomic E-state index is 12.7. The normalized spacial score (nSPS) is 11.7. The molecular weight excluding hydrogens is 308 g/mol. The molecule has 0 fully saturated rings. The number of carbonyl (C=O) groups is 4. The highest BCUT2D eigenvalue weighted by atomic mass is 16.2. The monoisotopic (exact) mass is 332 g/mol. The van der Waals surface area contributed by atoms with Gasteiger partial charge >= 0.3 is 0 Å². The van der Waals surface area contributed by atoms with Gasteiger partial charge in [0.2, 0.25) is 5.91 Å². The minimum absolute atomic E-state index is 0.143. The van der Waals surface area contributed by atoms with Crippen LogP contribution in [0.2, 0.25) is 0 Å². The Kier molecular flexibility index (Phi) is 7.30. The predicted molar refractivity (Wildman–Crippen MR) is 91.2 cm³/mol. The molecule has 24 heavy (non-hydrogen) atoms. The van der Waals surface area contributed by atoms with Crippen LogP contribution >= 0.6 is 0 Å². The van der Waals surface area contributed by atoms with E-state index in [1.165, 1.54) is 19.0 Å². The lowest BCUT2D eigenvalue weighted by molar-refractivity contribution is -0.121. The molecule has 0 spiro atoms. The van der Waals surface area contributed by atoms with E-state index < -0.39 is 11.9 Å². The molecule has 0 saturated heterocycles. The summed E-state index contributed by atoms with van der Waals surface area (Å²) in [6.45, 7) is 3.98. The minimum Gasteiger partial charge on any atom is -0.359 e. The largest absolute Gasteiger partial charge is 0.359 e. The summed E-state index contributed by atoms with van der Waals surface area (Å²) in [6.07, 6.45) is 1.65. The number of rotatable bonds is 8. The molecule has 0 radical (unpaired) electrons. The van der Waals surface area contributed by atoms with Gasteiger partial charge in [-0.2, -0.15) is 0 Å². The fourth-order valence-electron chi connectivity index (χ4n) is 2.32. The van der Waals surface area contributed by atoms with Crippen LogP contribution in [0.5, 0.6) is 0 Å². The second-order valence-electron chi connectivity index (χ2n) is 5.95. The lowest BCUT2D eigenvalue weighted by Crippen LogP contribution is -2.39. The van der Waals surface area contributed by atoms with E-state index in [2.05, 4.69) is 5.32 Å². The van der Waals surface area contributed by atoms with Crippen LogP contribution in [0.25, 0.3) is 0 Å². The van der Waals surface area contributed by atoms with Crippen LogP contribution in [0.1, 0.15) is 58.9 Å². The molecule has 6 nitrogen and oxygen atoms in total. The molecule has 6 heteroatoms. The van der Waals surface area contributed by atoms with Gasteiger partial charge in [-0.1, -0.05) is 26.0 Å². The summed E-state index contributed by atoms with van der Waals surface area (Å²) in [7, 11) is 3.02. The van der Waals surface area contributed by atoms with E-state index in [-0.39, 0.29) is 35.8 Å². The second kappa shape index (κ2) is 8.96. The fourth-order valence-corrected chi connectivity index (χ4v) is 2.32. The van der Waals surface area contributed by atoms with Crippen molar-refractivity contribution in [1.29, 1.82) is 0 Å². The Morgan fingerprint density at radius 2 is 1.92 bits per heavy atom. The summed E-state index contributed by atoms with van der Waals surface area (Å²) < 4.78 is 0. The number of likely N-dealkylation sites (N-methyl/N-ethyl adjacent to an activating group) is 1.